The van der Waals surface area contributed by atoms with E-state index in [0.29, 0.717) is 6.04 Å². The monoisotopic (exact) mass is 186 g/mol. The van der Waals surface area contributed by atoms with Crippen molar-refractivity contribution in [3.63, 3.8) is 0 Å². The number of nitrogens with zero attached hydrogens (tertiary/aromatic N) is 1. The lowest BCUT2D eigenvalue weighted by Crippen LogP contribution is -2.26. The van der Waals surface area contributed by atoms with E-state index >= 15 is 0 Å². The molecule has 2 aliphatic rings. The van der Waals surface area contributed by atoms with Gasteiger partial charge in [-0.3, -0.25) is 4.90 Å². The fraction of sp³-hybridized carbons (Fsp3) is 1.00. The molecular formula is C9H18N2S. The van der Waals surface area contributed by atoms with Gasteiger partial charge in [0.1, 0.15) is 0 Å². The highest BCUT2D eigenvalue weighted by atomic mass is 32.2. The van der Waals surface area contributed by atoms with Crippen LogP contribution < -0.4 is 5.73 Å². The Bertz CT molecular complexity index is 145. The number of hydrogen-bond acceptors (Lipinski definition) is 3. The average molecular weight is 186 g/mol. The zero-order valence-corrected chi connectivity index (χ0v) is 8.35. The molecular weight excluding hydrogens is 168 g/mol. The largest absolute Gasteiger partial charge is 0.328 e. The summed E-state index contributed by atoms with van der Waals surface area (Å²) in [6.07, 6.45) is 3.88. The van der Waals surface area contributed by atoms with Gasteiger partial charge in [0, 0.05) is 30.8 Å². The van der Waals surface area contributed by atoms with Gasteiger partial charge >= 0.3 is 0 Å². The predicted octanol–water partition coefficient (Wildman–Crippen LogP) is 1.12. The first kappa shape index (κ1) is 8.85. The van der Waals surface area contributed by atoms with Crippen LogP contribution in [0.15, 0.2) is 0 Å². The molecule has 0 radical (unpaired) electrons. The topological polar surface area (TPSA) is 29.3 Å². The summed E-state index contributed by atoms with van der Waals surface area (Å²) in [6, 6.07) is 0.505. The van der Waals surface area contributed by atoms with Crippen molar-refractivity contribution in [3.8, 4) is 0 Å². The lowest BCUT2D eigenvalue weighted by atomic mass is 10.1. The minimum Gasteiger partial charge on any atom is -0.328 e. The van der Waals surface area contributed by atoms with Gasteiger partial charge in [-0.05, 0) is 25.2 Å². The van der Waals surface area contributed by atoms with Gasteiger partial charge in [-0.15, -0.1) is 11.8 Å². The molecule has 1 aliphatic heterocycles. The van der Waals surface area contributed by atoms with Crippen LogP contribution in [-0.4, -0.2) is 35.7 Å². The van der Waals surface area contributed by atoms with Gasteiger partial charge in [-0.25, -0.2) is 0 Å². The first-order valence-electron chi connectivity index (χ1n) is 4.90. The first-order chi connectivity index (χ1) is 5.84. The van der Waals surface area contributed by atoms with Crippen LogP contribution in [0.3, 0.4) is 0 Å². The van der Waals surface area contributed by atoms with Gasteiger partial charge in [0.15, 0.2) is 0 Å². The molecule has 3 heteroatoms. The maximum atomic E-state index is 5.88. The van der Waals surface area contributed by atoms with E-state index in [1.165, 1.54) is 44.0 Å². The lowest BCUT2D eigenvalue weighted by Gasteiger charge is -2.18. The van der Waals surface area contributed by atoms with Crippen LogP contribution in [0.25, 0.3) is 0 Å². The zero-order valence-electron chi connectivity index (χ0n) is 7.54. The molecule has 2 N–H and O–H groups in total. The molecule has 1 saturated carbocycles. The second-order valence-electron chi connectivity index (χ2n) is 4.05. The molecule has 2 unspecified atom stereocenters. The molecule has 0 aromatic rings. The van der Waals surface area contributed by atoms with Gasteiger partial charge in [0.2, 0.25) is 0 Å². The molecule has 2 nitrogen and oxygen atoms in total. The summed E-state index contributed by atoms with van der Waals surface area (Å²) in [5.41, 5.74) is 5.88. The Morgan fingerprint density at radius 2 is 2.33 bits per heavy atom. The highest BCUT2D eigenvalue weighted by molar-refractivity contribution is 7.99. The maximum Gasteiger partial charge on any atom is 0.0445 e. The predicted molar refractivity (Wildman–Crippen MR) is 54.2 cm³/mol. The summed E-state index contributed by atoms with van der Waals surface area (Å²) in [5, 5.41) is 0. The molecule has 0 spiro atoms. The van der Waals surface area contributed by atoms with E-state index in [9.17, 15) is 0 Å². The Hall–Kier alpha value is 0.270. The SMILES string of the molecule is NC1CCC(CN2CCSC2)C1. The van der Waals surface area contributed by atoms with E-state index in [0.717, 1.165) is 5.92 Å². The minimum absolute atomic E-state index is 0.505. The number of thioether (sulfide) groups is 1. The van der Waals surface area contributed by atoms with Crippen molar-refractivity contribution in [2.75, 3.05) is 24.7 Å². The Balaban J connectivity index is 1.72. The first-order valence-corrected chi connectivity index (χ1v) is 6.06. The third-order valence-electron chi connectivity index (χ3n) is 2.92. The molecule has 2 atom stereocenters. The van der Waals surface area contributed by atoms with Crippen LogP contribution in [0, 0.1) is 5.92 Å². The van der Waals surface area contributed by atoms with E-state index in [2.05, 4.69) is 16.7 Å². The van der Waals surface area contributed by atoms with Crippen LogP contribution in [0.5, 0.6) is 0 Å². The number of rotatable bonds is 2. The van der Waals surface area contributed by atoms with Crippen LogP contribution in [0.1, 0.15) is 19.3 Å². The van der Waals surface area contributed by atoms with Crippen LogP contribution in [0.4, 0.5) is 0 Å². The van der Waals surface area contributed by atoms with Gasteiger partial charge in [-0.1, -0.05) is 0 Å². The zero-order chi connectivity index (χ0) is 8.39. The lowest BCUT2D eigenvalue weighted by molar-refractivity contribution is 0.291. The van der Waals surface area contributed by atoms with Crippen molar-refractivity contribution in [3.05, 3.63) is 0 Å². The fourth-order valence-electron chi connectivity index (χ4n) is 2.24. The van der Waals surface area contributed by atoms with E-state index in [1.54, 1.807) is 0 Å². The van der Waals surface area contributed by atoms with E-state index in [1.807, 2.05) is 0 Å². The fourth-order valence-corrected chi connectivity index (χ4v) is 3.25. The quantitative estimate of drug-likeness (QED) is 0.701. The van der Waals surface area contributed by atoms with Crippen molar-refractivity contribution >= 4 is 11.8 Å². The minimum atomic E-state index is 0.505. The maximum absolute atomic E-state index is 5.88. The summed E-state index contributed by atoms with van der Waals surface area (Å²) < 4.78 is 0. The number of nitrogens with two attached hydrogens (primary N) is 1. The Morgan fingerprint density at radius 1 is 1.42 bits per heavy atom. The molecule has 2 fully saturated rings. The molecule has 70 valence electrons. The third-order valence-corrected chi connectivity index (χ3v) is 3.94. The summed E-state index contributed by atoms with van der Waals surface area (Å²) >= 11 is 2.06. The van der Waals surface area contributed by atoms with Crippen molar-refractivity contribution in [2.45, 2.75) is 25.3 Å². The van der Waals surface area contributed by atoms with Gasteiger partial charge < -0.3 is 5.73 Å². The molecule has 1 saturated heterocycles. The van der Waals surface area contributed by atoms with Crippen LogP contribution in [0.2, 0.25) is 0 Å². The molecule has 12 heavy (non-hydrogen) atoms. The molecule has 0 amide bonds. The molecule has 0 aromatic carbocycles. The Morgan fingerprint density at radius 3 is 2.92 bits per heavy atom. The summed E-state index contributed by atoms with van der Waals surface area (Å²) in [6.45, 7) is 2.61. The van der Waals surface area contributed by atoms with E-state index in [-0.39, 0.29) is 0 Å². The second kappa shape index (κ2) is 3.99. The van der Waals surface area contributed by atoms with Gasteiger partial charge in [-0.2, -0.15) is 0 Å². The highest BCUT2D eigenvalue weighted by Gasteiger charge is 2.24. The average Bonchev–Trinajstić information content (AvgIpc) is 2.63. The highest BCUT2D eigenvalue weighted by Crippen LogP contribution is 2.26. The van der Waals surface area contributed by atoms with Crippen molar-refractivity contribution in [1.82, 2.24) is 4.90 Å². The van der Waals surface area contributed by atoms with Crippen LogP contribution in [-0.2, 0) is 0 Å². The van der Waals surface area contributed by atoms with Gasteiger partial charge in [0.25, 0.3) is 0 Å². The summed E-state index contributed by atoms with van der Waals surface area (Å²) in [7, 11) is 0. The molecule has 1 aliphatic carbocycles. The van der Waals surface area contributed by atoms with Crippen molar-refractivity contribution in [2.24, 2.45) is 11.7 Å². The van der Waals surface area contributed by atoms with E-state index < -0.39 is 0 Å². The van der Waals surface area contributed by atoms with Crippen LogP contribution >= 0.6 is 11.8 Å². The molecule has 0 bridgehead atoms. The van der Waals surface area contributed by atoms with Crippen molar-refractivity contribution < 1.29 is 0 Å². The smallest absolute Gasteiger partial charge is 0.0445 e. The van der Waals surface area contributed by atoms with E-state index in [4.69, 9.17) is 5.73 Å². The molecule has 0 aromatic heterocycles. The second-order valence-corrected chi connectivity index (χ2v) is 5.13. The third kappa shape index (κ3) is 2.15. The molecule has 2 rings (SSSR count). The standard InChI is InChI=1S/C9H18N2S/c10-9-2-1-8(5-9)6-11-3-4-12-7-11/h8-9H,1-7,10H2. The molecule has 1 heterocycles. The van der Waals surface area contributed by atoms with Gasteiger partial charge in [0.05, 0.1) is 0 Å². The van der Waals surface area contributed by atoms with Crippen molar-refractivity contribution in [1.29, 1.82) is 0 Å². The summed E-state index contributed by atoms with van der Waals surface area (Å²) in [4.78, 5) is 2.58. The number of hydrogen-bond donors (Lipinski definition) is 1. The normalized spacial score (nSPS) is 37.8. The Labute approximate surface area is 78.9 Å². The Kier molecular flexibility index (Phi) is 2.94. The summed E-state index contributed by atoms with van der Waals surface area (Å²) in [5.74, 6) is 3.49.